The molecule has 1 heterocycles. The summed E-state index contributed by atoms with van der Waals surface area (Å²) in [6.07, 6.45) is 14.1. The topological polar surface area (TPSA) is 39.7 Å². The summed E-state index contributed by atoms with van der Waals surface area (Å²) in [6, 6.07) is 1.44. The zero-order chi connectivity index (χ0) is 16.8. The van der Waals surface area contributed by atoms with Gasteiger partial charge in [0.2, 0.25) is 0 Å². The highest BCUT2D eigenvalue weighted by Gasteiger charge is 2.34. The van der Waals surface area contributed by atoms with Gasteiger partial charge in [0.15, 0.2) is 5.96 Å². The van der Waals surface area contributed by atoms with E-state index < -0.39 is 0 Å². The SMILES string of the molecule is CN=C(NCC1CCN(C2CC2)C1)NC(C)CCC1CCCCC1.I. The van der Waals surface area contributed by atoms with E-state index in [1.54, 1.807) is 0 Å². The highest BCUT2D eigenvalue weighted by Crippen LogP contribution is 2.31. The average molecular weight is 462 g/mol. The minimum atomic E-state index is 0. The van der Waals surface area contributed by atoms with Crippen molar-refractivity contribution < 1.29 is 0 Å². The van der Waals surface area contributed by atoms with Crippen molar-refractivity contribution in [1.29, 1.82) is 0 Å². The summed E-state index contributed by atoms with van der Waals surface area (Å²) in [5, 5.41) is 7.17. The van der Waals surface area contributed by atoms with Crippen LogP contribution in [0, 0.1) is 11.8 Å². The van der Waals surface area contributed by atoms with Crippen LogP contribution in [0.4, 0.5) is 0 Å². The van der Waals surface area contributed by atoms with Gasteiger partial charge in [-0.2, -0.15) is 0 Å². The van der Waals surface area contributed by atoms with Crippen LogP contribution in [0.2, 0.25) is 0 Å². The molecule has 0 amide bonds. The van der Waals surface area contributed by atoms with Crippen LogP contribution < -0.4 is 10.6 Å². The van der Waals surface area contributed by atoms with E-state index in [2.05, 4.69) is 27.4 Å². The lowest BCUT2D eigenvalue weighted by Crippen LogP contribution is -2.44. The molecule has 2 aliphatic carbocycles. The molecule has 2 atom stereocenters. The van der Waals surface area contributed by atoms with E-state index >= 15 is 0 Å². The molecule has 5 heteroatoms. The minimum Gasteiger partial charge on any atom is -0.356 e. The van der Waals surface area contributed by atoms with Crippen molar-refractivity contribution in [2.45, 2.75) is 83.2 Å². The van der Waals surface area contributed by atoms with E-state index in [1.165, 1.54) is 77.3 Å². The van der Waals surface area contributed by atoms with Crippen LogP contribution in [-0.4, -0.2) is 49.6 Å². The van der Waals surface area contributed by atoms with Crippen LogP contribution in [0.15, 0.2) is 4.99 Å². The van der Waals surface area contributed by atoms with E-state index in [4.69, 9.17) is 0 Å². The Kier molecular flexibility index (Phi) is 9.31. The normalized spacial score (nSPS) is 27.0. The third-order valence-corrected chi connectivity index (χ3v) is 6.28. The van der Waals surface area contributed by atoms with E-state index in [1.807, 2.05) is 7.05 Å². The lowest BCUT2D eigenvalue weighted by molar-refractivity contribution is 0.313. The molecule has 3 aliphatic rings. The fourth-order valence-corrected chi connectivity index (χ4v) is 4.50. The first-order valence-corrected chi connectivity index (χ1v) is 10.5. The number of aliphatic imine (C=N–C) groups is 1. The van der Waals surface area contributed by atoms with Crippen molar-refractivity contribution >= 4 is 29.9 Å². The quantitative estimate of drug-likeness (QED) is 0.341. The Morgan fingerprint density at radius 1 is 1.08 bits per heavy atom. The fraction of sp³-hybridized carbons (Fsp3) is 0.950. The minimum absolute atomic E-state index is 0. The summed E-state index contributed by atoms with van der Waals surface area (Å²) < 4.78 is 0. The Morgan fingerprint density at radius 2 is 1.84 bits per heavy atom. The van der Waals surface area contributed by atoms with Gasteiger partial charge in [0.1, 0.15) is 0 Å². The molecule has 2 saturated carbocycles. The van der Waals surface area contributed by atoms with Crippen molar-refractivity contribution in [1.82, 2.24) is 15.5 Å². The highest BCUT2D eigenvalue weighted by atomic mass is 127. The zero-order valence-electron chi connectivity index (χ0n) is 16.3. The first-order valence-electron chi connectivity index (χ1n) is 10.5. The number of likely N-dealkylation sites (tertiary alicyclic amines) is 1. The first kappa shape index (κ1) is 21.3. The number of nitrogens with zero attached hydrogens (tertiary/aromatic N) is 2. The van der Waals surface area contributed by atoms with Crippen LogP contribution >= 0.6 is 24.0 Å². The Balaban J connectivity index is 0.00000225. The fourth-order valence-electron chi connectivity index (χ4n) is 4.50. The molecule has 0 aromatic carbocycles. The summed E-state index contributed by atoms with van der Waals surface area (Å²) in [5.74, 6) is 2.77. The standard InChI is InChI=1S/C20H38N4.HI/c1-16(8-9-17-6-4-3-5-7-17)23-20(21-2)22-14-18-12-13-24(15-18)19-10-11-19;/h16-19H,3-15H2,1-2H3,(H2,21,22,23);1H. The van der Waals surface area contributed by atoms with Gasteiger partial charge in [0, 0.05) is 32.2 Å². The molecule has 2 unspecified atom stereocenters. The van der Waals surface area contributed by atoms with Crippen molar-refractivity contribution in [3.05, 3.63) is 0 Å². The molecule has 0 bridgehead atoms. The van der Waals surface area contributed by atoms with Crippen LogP contribution in [0.25, 0.3) is 0 Å². The second-order valence-electron chi connectivity index (χ2n) is 8.46. The van der Waals surface area contributed by atoms with Gasteiger partial charge in [-0.25, -0.2) is 0 Å². The van der Waals surface area contributed by atoms with Crippen LogP contribution in [0.1, 0.15) is 71.1 Å². The molecular weight excluding hydrogens is 423 g/mol. The highest BCUT2D eigenvalue weighted by molar-refractivity contribution is 14.0. The van der Waals surface area contributed by atoms with Gasteiger partial charge in [0.05, 0.1) is 0 Å². The monoisotopic (exact) mass is 462 g/mol. The number of hydrogen-bond donors (Lipinski definition) is 2. The van der Waals surface area contributed by atoms with Crippen molar-refractivity contribution in [2.24, 2.45) is 16.8 Å². The lowest BCUT2D eigenvalue weighted by Gasteiger charge is -2.24. The van der Waals surface area contributed by atoms with E-state index in [0.717, 1.165) is 30.4 Å². The van der Waals surface area contributed by atoms with Gasteiger partial charge >= 0.3 is 0 Å². The van der Waals surface area contributed by atoms with Crippen molar-refractivity contribution in [2.75, 3.05) is 26.7 Å². The van der Waals surface area contributed by atoms with Crippen molar-refractivity contribution in [3.63, 3.8) is 0 Å². The van der Waals surface area contributed by atoms with Gasteiger partial charge in [-0.1, -0.05) is 32.1 Å². The summed E-state index contributed by atoms with van der Waals surface area (Å²) in [5.41, 5.74) is 0. The maximum atomic E-state index is 4.43. The maximum Gasteiger partial charge on any atom is 0.191 e. The van der Waals surface area contributed by atoms with Crippen molar-refractivity contribution in [3.8, 4) is 0 Å². The van der Waals surface area contributed by atoms with Crippen LogP contribution in [-0.2, 0) is 0 Å². The molecule has 0 aromatic heterocycles. The van der Waals surface area contributed by atoms with E-state index in [0.29, 0.717) is 6.04 Å². The van der Waals surface area contributed by atoms with Gasteiger partial charge in [0.25, 0.3) is 0 Å². The Hall–Kier alpha value is -0.0400. The summed E-state index contributed by atoms with van der Waals surface area (Å²) >= 11 is 0. The second kappa shape index (κ2) is 11.0. The third kappa shape index (κ3) is 7.24. The number of halogens is 1. The first-order chi connectivity index (χ1) is 11.7. The molecular formula is C20H39IN4. The Morgan fingerprint density at radius 3 is 2.52 bits per heavy atom. The van der Waals surface area contributed by atoms with E-state index in [9.17, 15) is 0 Å². The Bertz CT molecular complexity index is 405. The number of rotatable bonds is 7. The average Bonchev–Trinajstić information content (AvgIpc) is 3.36. The van der Waals surface area contributed by atoms with Crippen LogP contribution in [0.5, 0.6) is 0 Å². The number of hydrogen-bond acceptors (Lipinski definition) is 2. The second-order valence-corrected chi connectivity index (χ2v) is 8.46. The molecule has 4 nitrogen and oxygen atoms in total. The molecule has 0 radical (unpaired) electrons. The molecule has 0 aromatic rings. The molecule has 146 valence electrons. The summed E-state index contributed by atoms with van der Waals surface area (Å²) in [4.78, 5) is 7.12. The molecule has 0 spiro atoms. The number of guanidine groups is 1. The molecule has 25 heavy (non-hydrogen) atoms. The lowest BCUT2D eigenvalue weighted by atomic mass is 9.85. The zero-order valence-corrected chi connectivity index (χ0v) is 18.6. The molecule has 2 N–H and O–H groups in total. The van der Waals surface area contributed by atoms with Gasteiger partial charge in [-0.15, -0.1) is 24.0 Å². The predicted molar refractivity (Wildman–Crippen MR) is 118 cm³/mol. The number of nitrogens with one attached hydrogen (secondary N) is 2. The maximum absolute atomic E-state index is 4.43. The molecule has 3 fully saturated rings. The molecule has 1 aliphatic heterocycles. The Labute approximate surface area is 172 Å². The van der Waals surface area contributed by atoms with Gasteiger partial charge in [-0.05, 0) is 57.4 Å². The predicted octanol–water partition coefficient (Wildman–Crippen LogP) is 4.00. The molecule has 3 rings (SSSR count). The van der Waals surface area contributed by atoms with E-state index in [-0.39, 0.29) is 24.0 Å². The van der Waals surface area contributed by atoms with Gasteiger partial charge in [-0.3, -0.25) is 4.99 Å². The van der Waals surface area contributed by atoms with Gasteiger partial charge < -0.3 is 15.5 Å². The summed E-state index contributed by atoms with van der Waals surface area (Å²) in [6.45, 7) is 5.96. The van der Waals surface area contributed by atoms with Crippen LogP contribution in [0.3, 0.4) is 0 Å². The smallest absolute Gasteiger partial charge is 0.191 e. The summed E-state index contributed by atoms with van der Waals surface area (Å²) in [7, 11) is 1.90. The third-order valence-electron chi connectivity index (χ3n) is 6.28. The molecule has 1 saturated heterocycles. The largest absolute Gasteiger partial charge is 0.356 e.